The average Bonchev–Trinajstić information content (AvgIpc) is 1.98. The summed E-state index contributed by atoms with van der Waals surface area (Å²) in [5, 5.41) is 3.69. The molecule has 1 N–H and O–H groups in total. The quantitative estimate of drug-likeness (QED) is 0.721. The van der Waals surface area contributed by atoms with Crippen LogP contribution in [0.2, 0.25) is 0 Å². The van der Waals surface area contributed by atoms with Gasteiger partial charge in [0.2, 0.25) is 0 Å². The van der Waals surface area contributed by atoms with Gasteiger partial charge < -0.3 is 5.32 Å². The molecule has 0 aliphatic heterocycles. The summed E-state index contributed by atoms with van der Waals surface area (Å²) < 4.78 is 0. The van der Waals surface area contributed by atoms with Crippen LogP contribution in [-0.4, -0.2) is 12.1 Å². The Morgan fingerprint density at radius 3 is 1.67 bits per heavy atom. The Bertz CT molecular complexity index is 184. The molecule has 1 nitrogen and oxygen atoms in total. The molecule has 92 valence electrons. The summed E-state index contributed by atoms with van der Waals surface area (Å²) in [5.74, 6) is 0. The third-order valence-corrected chi connectivity index (χ3v) is 2.97. The Labute approximate surface area is 97.0 Å². The summed E-state index contributed by atoms with van der Waals surface area (Å²) in [6.07, 6.45) is 2.47. The van der Waals surface area contributed by atoms with E-state index in [0.29, 0.717) is 10.8 Å². The smallest absolute Gasteiger partial charge is 0.0130 e. The molecule has 0 unspecified atom stereocenters. The molecule has 0 saturated carbocycles. The fraction of sp³-hybridized carbons (Fsp3) is 1.00. The normalized spacial score (nSPS) is 14.4. The molecule has 0 aromatic carbocycles. The lowest BCUT2D eigenvalue weighted by molar-refractivity contribution is 0.198. The number of rotatable bonds is 5. The lowest BCUT2D eigenvalue weighted by atomic mass is 9.78. The van der Waals surface area contributed by atoms with E-state index >= 15 is 0 Å². The molecule has 0 aliphatic rings. The first-order valence-electron chi connectivity index (χ1n) is 6.22. The maximum absolute atomic E-state index is 3.69. The van der Waals surface area contributed by atoms with Crippen molar-refractivity contribution < 1.29 is 0 Å². The van der Waals surface area contributed by atoms with Gasteiger partial charge in [-0.05, 0) is 31.1 Å². The van der Waals surface area contributed by atoms with Crippen LogP contribution in [0.3, 0.4) is 0 Å². The van der Waals surface area contributed by atoms with Crippen molar-refractivity contribution >= 4 is 0 Å². The Balaban J connectivity index is 4.19. The second-order valence-electron chi connectivity index (χ2n) is 7.49. The van der Waals surface area contributed by atoms with E-state index in [1.54, 1.807) is 0 Å². The van der Waals surface area contributed by atoms with Crippen molar-refractivity contribution in [1.29, 1.82) is 0 Å². The molecule has 0 aromatic heterocycles. The maximum atomic E-state index is 3.69. The van der Waals surface area contributed by atoms with Gasteiger partial charge in [-0.15, -0.1) is 0 Å². The standard InChI is InChI=1S/C14H31N/c1-9-13(5,6)10-14(7,8)15-11-12(2,3)4/h15H,9-11H2,1-8H3. The molecule has 0 bridgehead atoms. The summed E-state index contributed by atoms with van der Waals surface area (Å²) in [6, 6.07) is 0. The molecule has 0 heterocycles. The summed E-state index contributed by atoms with van der Waals surface area (Å²) in [5.41, 5.74) is 1.05. The summed E-state index contributed by atoms with van der Waals surface area (Å²) in [7, 11) is 0. The van der Waals surface area contributed by atoms with E-state index < -0.39 is 0 Å². The van der Waals surface area contributed by atoms with Gasteiger partial charge in [0.05, 0.1) is 0 Å². The van der Waals surface area contributed by atoms with Crippen molar-refractivity contribution in [2.24, 2.45) is 10.8 Å². The van der Waals surface area contributed by atoms with Crippen molar-refractivity contribution in [3.63, 3.8) is 0 Å². The van der Waals surface area contributed by atoms with E-state index in [9.17, 15) is 0 Å². The van der Waals surface area contributed by atoms with Gasteiger partial charge in [-0.25, -0.2) is 0 Å². The van der Waals surface area contributed by atoms with E-state index in [2.05, 4.69) is 60.7 Å². The van der Waals surface area contributed by atoms with Crippen LogP contribution in [0.15, 0.2) is 0 Å². The Morgan fingerprint density at radius 2 is 1.33 bits per heavy atom. The van der Waals surface area contributed by atoms with Gasteiger partial charge in [-0.1, -0.05) is 48.0 Å². The zero-order valence-electron chi connectivity index (χ0n) is 12.1. The molecule has 1 heteroatoms. The van der Waals surface area contributed by atoms with Crippen LogP contribution in [-0.2, 0) is 0 Å². The molecular formula is C14H31N. The lowest BCUT2D eigenvalue weighted by Crippen LogP contribution is -2.46. The third-order valence-electron chi connectivity index (χ3n) is 2.97. The van der Waals surface area contributed by atoms with Gasteiger partial charge in [0.15, 0.2) is 0 Å². The van der Waals surface area contributed by atoms with Gasteiger partial charge in [0.25, 0.3) is 0 Å². The number of nitrogens with one attached hydrogen (secondary N) is 1. The third kappa shape index (κ3) is 7.84. The second-order valence-corrected chi connectivity index (χ2v) is 7.49. The minimum atomic E-state index is 0.243. The first kappa shape index (κ1) is 15.0. The van der Waals surface area contributed by atoms with Crippen LogP contribution >= 0.6 is 0 Å². The molecule has 0 fully saturated rings. The number of hydrogen-bond donors (Lipinski definition) is 1. The minimum absolute atomic E-state index is 0.243. The summed E-state index contributed by atoms with van der Waals surface area (Å²) >= 11 is 0. The highest BCUT2D eigenvalue weighted by Gasteiger charge is 2.28. The van der Waals surface area contributed by atoms with Crippen molar-refractivity contribution in [3.8, 4) is 0 Å². The zero-order chi connectivity index (χ0) is 12.3. The van der Waals surface area contributed by atoms with Crippen LogP contribution in [0.5, 0.6) is 0 Å². The lowest BCUT2D eigenvalue weighted by Gasteiger charge is -2.37. The predicted molar refractivity (Wildman–Crippen MR) is 70.2 cm³/mol. The first-order valence-corrected chi connectivity index (χ1v) is 6.22. The van der Waals surface area contributed by atoms with Crippen molar-refractivity contribution in [2.45, 2.75) is 73.8 Å². The van der Waals surface area contributed by atoms with Gasteiger partial charge in [-0.2, -0.15) is 0 Å². The van der Waals surface area contributed by atoms with Crippen LogP contribution in [0.4, 0.5) is 0 Å². The van der Waals surface area contributed by atoms with Crippen LogP contribution in [0.25, 0.3) is 0 Å². The topological polar surface area (TPSA) is 12.0 Å². The highest BCUT2D eigenvalue weighted by Crippen LogP contribution is 2.31. The molecule has 0 atom stereocenters. The van der Waals surface area contributed by atoms with E-state index in [0.717, 1.165) is 6.54 Å². The molecule has 0 rings (SSSR count). The predicted octanol–water partition coefficient (Wildman–Crippen LogP) is 4.23. The molecular weight excluding hydrogens is 182 g/mol. The molecule has 0 aliphatic carbocycles. The van der Waals surface area contributed by atoms with Gasteiger partial charge in [0.1, 0.15) is 0 Å². The van der Waals surface area contributed by atoms with Crippen molar-refractivity contribution in [3.05, 3.63) is 0 Å². The highest BCUT2D eigenvalue weighted by molar-refractivity contribution is 4.86. The maximum Gasteiger partial charge on any atom is 0.0130 e. The SMILES string of the molecule is CCC(C)(C)CC(C)(C)NCC(C)(C)C. The monoisotopic (exact) mass is 213 g/mol. The Hall–Kier alpha value is -0.0400. The molecule has 0 spiro atoms. The second kappa shape index (κ2) is 4.86. The van der Waals surface area contributed by atoms with Gasteiger partial charge in [0, 0.05) is 12.1 Å². The molecule has 0 radical (unpaired) electrons. The van der Waals surface area contributed by atoms with Crippen LogP contribution < -0.4 is 5.32 Å². The van der Waals surface area contributed by atoms with E-state index in [1.807, 2.05) is 0 Å². The van der Waals surface area contributed by atoms with E-state index in [-0.39, 0.29) is 5.54 Å². The van der Waals surface area contributed by atoms with Crippen LogP contribution in [0, 0.1) is 10.8 Å². The first-order chi connectivity index (χ1) is 6.47. The fourth-order valence-electron chi connectivity index (χ4n) is 1.89. The van der Waals surface area contributed by atoms with E-state index in [4.69, 9.17) is 0 Å². The molecule has 15 heavy (non-hydrogen) atoms. The van der Waals surface area contributed by atoms with Crippen molar-refractivity contribution in [1.82, 2.24) is 5.32 Å². The minimum Gasteiger partial charge on any atom is -0.311 e. The fourth-order valence-corrected chi connectivity index (χ4v) is 1.89. The van der Waals surface area contributed by atoms with Gasteiger partial charge in [-0.3, -0.25) is 0 Å². The van der Waals surface area contributed by atoms with Crippen LogP contribution in [0.1, 0.15) is 68.2 Å². The Morgan fingerprint density at radius 1 is 0.867 bits per heavy atom. The largest absolute Gasteiger partial charge is 0.311 e. The zero-order valence-corrected chi connectivity index (χ0v) is 12.1. The summed E-state index contributed by atoms with van der Waals surface area (Å²) in [4.78, 5) is 0. The summed E-state index contributed by atoms with van der Waals surface area (Å²) in [6.45, 7) is 19.5. The average molecular weight is 213 g/mol. The van der Waals surface area contributed by atoms with Gasteiger partial charge >= 0.3 is 0 Å². The molecule has 0 amide bonds. The molecule has 0 saturated heterocycles. The Kier molecular flexibility index (Phi) is 4.85. The highest BCUT2D eigenvalue weighted by atomic mass is 15.0. The molecule has 0 aromatic rings. The van der Waals surface area contributed by atoms with E-state index in [1.165, 1.54) is 12.8 Å². The van der Waals surface area contributed by atoms with Crippen molar-refractivity contribution in [2.75, 3.05) is 6.54 Å². The number of hydrogen-bond acceptors (Lipinski definition) is 1.